The van der Waals surface area contributed by atoms with Crippen LogP contribution >= 0.6 is 0 Å². The second kappa shape index (κ2) is 22.4. The number of nitrogens with zero attached hydrogens (tertiary/aromatic N) is 11. The van der Waals surface area contributed by atoms with E-state index in [2.05, 4.69) is 110 Å². The van der Waals surface area contributed by atoms with Gasteiger partial charge in [-0.15, -0.1) is 9.20 Å². The van der Waals surface area contributed by atoms with E-state index in [-0.39, 0.29) is 30.1 Å². The highest BCUT2D eigenvalue weighted by Crippen LogP contribution is 2.41. The average Bonchev–Trinajstić information content (AvgIpc) is 4.20. The number of benzene rings is 1. The van der Waals surface area contributed by atoms with Gasteiger partial charge in [0.05, 0.1) is 53.6 Å². The fraction of sp³-hybridized carbons (Fsp3) is 0.542. The second-order valence-corrected chi connectivity index (χ2v) is 22.7. The van der Waals surface area contributed by atoms with Crippen molar-refractivity contribution in [1.29, 1.82) is 0 Å². The summed E-state index contributed by atoms with van der Waals surface area (Å²) >= 11 is 0. The van der Waals surface area contributed by atoms with Crippen LogP contribution in [0, 0.1) is 5.82 Å². The molecule has 1 unspecified atom stereocenters. The molecule has 6 aromatic rings. The van der Waals surface area contributed by atoms with Crippen molar-refractivity contribution >= 4 is 34.5 Å². The van der Waals surface area contributed by atoms with Gasteiger partial charge >= 0.3 is 12.1 Å². The predicted octanol–water partition coefficient (Wildman–Crippen LogP) is 7.01. The fourth-order valence-corrected chi connectivity index (χ4v) is 12.5. The summed E-state index contributed by atoms with van der Waals surface area (Å²) in [4.78, 5) is 45.2. The van der Waals surface area contributed by atoms with Crippen LogP contribution in [0.25, 0.3) is 33.4 Å². The van der Waals surface area contributed by atoms with Crippen LogP contribution in [0.5, 0.6) is 0 Å². The summed E-state index contributed by atoms with van der Waals surface area (Å²) in [5.74, 6) is -0.255. The van der Waals surface area contributed by atoms with Crippen LogP contribution in [-0.2, 0) is 36.7 Å². The Morgan fingerprint density at radius 2 is 1.44 bits per heavy atom. The molecule has 2 atom stereocenters. The molecule has 1 N–H and O–H groups in total. The number of carbonyl (C=O) groups is 2. The largest absolute Gasteiger partial charge is 0.441 e. The molecule has 19 heteroatoms. The van der Waals surface area contributed by atoms with Crippen molar-refractivity contribution in [3.63, 3.8) is 0 Å². The summed E-state index contributed by atoms with van der Waals surface area (Å²) in [5, 5.41) is 7.93. The molecule has 5 aliphatic rings. The van der Waals surface area contributed by atoms with E-state index in [9.17, 15) is 9.59 Å². The number of fused-ring (bicyclic) bond motifs is 2. The number of amides is 3. The number of carbonyl (C=O) groups excluding carboxylic acids is 2. The van der Waals surface area contributed by atoms with E-state index in [1.165, 1.54) is 0 Å². The number of rotatable bonds is 14. The van der Waals surface area contributed by atoms with Crippen molar-refractivity contribution in [2.75, 3.05) is 116 Å². The Morgan fingerprint density at radius 1 is 0.744 bits per heavy atom. The fourth-order valence-electron chi connectivity index (χ4n) is 12.5. The van der Waals surface area contributed by atoms with E-state index in [4.69, 9.17) is 23.9 Å². The van der Waals surface area contributed by atoms with Crippen LogP contribution < -0.4 is 19.8 Å². The lowest BCUT2D eigenvalue weighted by atomic mass is 9.82. The van der Waals surface area contributed by atoms with E-state index < -0.39 is 11.2 Å². The summed E-state index contributed by atoms with van der Waals surface area (Å²) in [7, 11) is 3.51. The maximum absolute atomic E-state index is 16.1. The molecule has 5 saturated heterocycles. The first-order chi connectivity index (χ1) is 37.7. The summed E-state index contributed by atoms with van der Waals surface area (Å²) in [6.07, 6.45) is 13.0. The van der Waals surface area contributed by atoms with Gasteiger partial charge < -0.3 is 48.8 Å². The van der Waals surface area contributed by atoms with Gasteiger partial charge in [0.2, 0.25) is 0 Å². The third kappa shape index (κ3) is 10.6. The molecule has 11 rings (SSSR count). The quantitative estimate of drug-likeness (QED) is 0.112. The number of pyridine rings is 1. The smallest absolute Gasteiger partial charge is 0.410 e. The number of piperazine rings is 2. The molecule has 78 heavy (non-hydrogen) atoms. The third-order valence-corrected chi connectivity index (χ3v) is 17.4. The molecule has 0 saturated carbocycles. The number of nitrogens with one attached hydrogen (secondary N) is 1. The highest BCUT2D eigenvalue weighted by Gasteiger charge is 2.40. The molecule has 0 aliphatic carbocycles. The van der Waals surface area contributed by atoms with Gasteiger partial charge in [-0.1, -0.05) is 18.2 Å². The zero-order valence-corrected chi connectivity index (χ0v) is 46.6. The lowest BCUT2D eigenvalue weighted by molar-refractivity contribution is -0.764. The van der Waals surface area contributed by atoms with Crippen LogP contribution in [0.2, 0.25) is 0 Å². The van der Waals surface area contributed by atoms with Crippen LogP contribution in [-0.4, -0.2) is 181 Å². The number of anilines is 2. The first-order valence-corrected chi connectivity index (χ1v) is 28.2. The summed E-state index contributed by atoms with van der Waals surface area (Å²) < 4.78 is 45.5. The van der Waals surface area contributed by atoms with Gasteiger partial charge in [0.15, 0.2) is 18.8 Å². The minimum Gasteiger partial charge on any atom is -0.441 e. The Hall–Kier alpha value is -6.38. The molecule has 416 valence electrons. The zero-order valence-electron chi connectivity index (χ0n) is 46.6. The second-order valence-electron chi connectivity index (χ2n) is 22.7. The lowest BCUT2D eigenvalue weighted by Crippen LogP contribution is -2.56. The van der Waals surface area contributed by atoms with Gasteiger partial charge in [-0.05, 0) is 103 Å². The molecule has 5 aliphatic heterocycles. The molecule has 3 amide bonds. The van der Waals surface area contributed by atoms with E-state index in [0.717, 1.165) is 102 Å². The molecule has 10 heterocycles. The molecule has 0 spiro atoms. The van der Waals surface area contributed by atoms with Crippen molar-refractivity contribution < 1.29 is 37.6 Å². The first-order valence-electron chi connectivity index (χ1n) is 28.2. The van der Waals surface area contributed by atoms with Crippen LogP contribution in [0.3, 0.4) is 0 Å². The molecular formula is C59H78FN12O6+. The maximum atomic E-state index is 16.1. The minimum absolute atomic E-state index is 0.103. The number of halogens is 1. The number of methoxy groups -OCH3 is 2. The lowest BCUT2D eigenvalue weighted by Gasteiger charge is -2.43. The first kappa shape index (κ1) is 53.6. The molecule has 5 aromatic heterocycles. The van der Waals surface area contributed by atoms with Crippen LogP contribution in [0.15, 0.2) is 85.6 Å². The highest BCUT2D eigenvalue weighted by atomic mass is 19.1. The van der Waals surface area contributed by atoms with Gasteiger partial charge in [-0.25, -0.2) is 18.5 Å². The number of urea groups is 1. The molecule has 0 radical (unpaired) electrons. The summed E-state index contributed by atoms with van der Waals surface area (Å²) in [6, 6.07) is 18.8. The molecule has 5 fully saturated rings. The Labute approximate surface area is 457 Å². The van der Waals surface area contributed by atoms with Crippen molar-refractivity contribution in [1.82, 2.24) is 44.0 Å². The summed E-state index contributed by atoms with van der Waals surface area (Å²) in [6.45, 7) is 20.7. The van der Waals surface area contributed by atoms with Gasteiger partial charge in [0, 0.05) is 145 Å². The Balaban J connectivity index is 0.763. The number of piperidine rings is 2. The Bertz CT molecular complexity index is 3080. The number of hydrogen-bond donors (Lipinski definition) is 1. The molecule has 18 nitrogen and oxygen atoms in total. The van der Waals surface area contributed by atoms with E-state index in [1.54, 1.807) is 24.3 Å². The van der Waals surface area contributed by atoms with Gasteiger partial charge in [0.25, 0.3) is 0 Å². The topological polar surface area (TPSA) is 141 Å². The Kier molecular flexibility index (Phi) is 15.4. The van der Waals surface area contributed by atoms with Crippen molar-refractivity contribution in [2.45, 2.75) is 102 Å². The molecule has 0 bridgehead atoms. The van der Waals surface area contributed by atoms with Gasteiger partial charge in [-0.2, -0.15) is 5.10 Å². The summed E-state index contributed by atoms with van der Waals surface area (Å²) in [5.41, 5.74) is 8.13. The third-order valence-electron chi connectivity index (χ3n) is 17.4. The van der Waals surface area contributed by atoms with Crippen LogP contribution in [0.1, 0.15) is 71.4 Å². The number of hydrogen-bond acceptors (Lipinski definition) is 12. The van der Waals surface area contributed by atoms with Crippen molar-refractivity contribution in [3.8, 4) is 22.4 Å². The maximum Gasteiger partial charge on any atom is 0.410 e. The van der Waals surface area contributed by atoms with E-state index in [0.29, 0.717) is 89.8 Å². The standard InChI is InChI=1S/C59H77FN12O6/c1-41(2)64-21-16-58(75-6,17-22-64)49-11-9-44(31-50(49)60)45-32-54-52(13-18-62-71(54)36-45)65-23-27-67(28-24-65)56(73)63-43(5)35-70-20-14-53(66-25-29-68(30-26-66)57(74)78-48-38-77-39-48)55-33-46(37-72(55)70)51-12-10-47(34-61-51)59(76-7)15-8-19-69(40-59)42(3)4/h9-14,18,20,31-34,36-37,41-43,48H,8,15-17,19,21-30,35,38-40H2,1-7H3/p+1/t43?,59-/m1/s1. The SMILES string of the molecule is COC1(c2ccc(-c3cc4c(N5CCN(C(=O)NC(C)C[n+]6ccc(N7CCN(C(=O)OC8COC8)CC7)c7cc(-c8ccc([C@@]9(OC)CCCN(C(C)C)C9)cn8)cn76)CC5)ccnn4c3)cc2F)CCN(C(C)C)CC1. The predicted molar refractivity (Wildman–Crippen MR) is 297 cm³/mol. The average molecular weight is 1070 g/mol. The van der Waals surface area contributed by atoms with E-state index in [1.807, 2.05) is 54.0 Å². The highest BCUT2D eigenvalue weighted by molar-refractivity contribution is 5.81. The minimum atomic E-state index is -0.644. The monoisotopic (exact) mass is 1070 g/mol. The van der Waals surface area contributed by atoms with Gasteiger partial charge in [0.1, 0.15) is 16.9 Å². The van der Waals surface area contributed by atoms with E-state index >= 15 is 4.39 Å². The van der Waals surface area contributed by atoms with Crippen molar-refractivity contribution in [3.05, 3.63) is 103 Å². The number of likely N-dealkylation sites (tertiary alicyclic amines) is 2. The number of aromatic nitrogens is 5. The van der Waals surface area contributed by atoms with Crippen LogP contribution in [0.4, 0.5) is 25.4 Å². The Morgan fingerprint density at radius 3 is 2.08 bits per heavy atom. The van der Waals surface area contributed by atoms with Crippen molar-refractivity contribution in [2.24, 2.45) is 0 Å². The normalized spacial score (nSPS) is 21.2. The number of ether oxygens (including phenoxy) is 4. The molecule has 1 aromatic carbocycles. The zero-order chi connectivity index (χ0) is 54.3. The van der Waals surface area contributed by atoms with Gasteiger partial charge in [-0.3, -0.25) is 9.88 Å². The molecular weight excluding hydrogens is 992 g/mol.